The lowest BCUT2D eigenvalue weighted by Gasteiger charge is -2.31. The number of piperidine rings is 1. The van der Waals surface area contributed by atoms with Gasteiger partial charge in [-0.05, 0) is 124 Å². The standard InChI is InChI=1S/C35H43N3O5S/c1-4-36-33(39)42-27-11-9-26(10-12-27)32-30(29-14-13-28(24-31(29)44-32)43-34(40)37-5-2)23-25-15-17-35(3,18-16-25)41-22-21-38-19-7-6-8-20-38/h9-17,24H,4-8,18-23H2,1-3H3,(H,36,39)(H,37,40). The fraction of sp³-hybridized carbons (Fsp3) is 0.429. The van der Waals surface area contributed by atoms with E-state index >= 15 is 0 Å². The average molecular weight is 618 g/mol. The monoisotopic (exact) mass is 617 g/mol. The van der Waals surface area contributed by atoms with Gasteiger partial charge in [-0.1, -0.05) is 24.6 Å². The topological polar surface area (TPSA) is 89.1 Å². The highest BCUT2D eigenvalue weighted by Crippen LogP contribution is 2.42. The van der Waals surface area contributed by atoms with E-state index in [1.54, 1.807) is 11.3 Å². The lowest BCUT2D eigenvalue weighted by molar-refractivity contribution is -0.00613. The molecule has 9 heteroatoms. The Hall–Kier alpha value is -3.66. The van der Waals surface area contributed by atoms with Gasteiger partial charge in [0.05, 0.1) is 12.2 Å². The minimum Gasteiger partial charge on any atom is -0.410 e. The third kappa shape index (κ3) is 8.28. The van der Waals surface area contributed by atoms with E-state index in [9.17, 15) is 9.59 Å². The van der Waals surface area contributed by atoms with Crippen molar-refractivity contribution in [1.82, 2.24) is 15.5 Å². The molecule has 1 aromatic heterocycles. The number of likely N-dealkylation sites (tertiary alicyclic amines) is 1. The number of hydrogen-bond donors (Lipinski definition) is 2. The molecule has 0 saturated carbocycles. The number of carbonyl (C=O) groups is 2. The van der Waals surface area contributed by atoms with Gasteiger partial charge in [0.2, 0.25) is 0 Å². The van der Waals surface area contributed by atoms with Crippen LogP contribution in [0, 0.1) is 0 Å². The molecular formula is C35H43N3O5S. The van der Waals surface area contributed by atoms with Gasteiger partial charge in [-0.3, -0.25) is 0 Å². The van der Waals surface area contributed by atoms with Gasteiger partial charge in [-0.15, -0.1) is 11.3 Å². The van der Waals surface area contributed by atoms with Crippen molar-refractivity contribution in [3.05, 3.63) is 71.8 Å². The number of amides is 2. The molecule has 0 radical (unpaired) electrons. The van der Waals surface area contributed by atoms with Gasteiger partial charge in [-0.25, -0.2) is 9.59 Å². The van der Waals surface area contributed by atoms with E-state index in [4.69, 9.17) is 14.2 Å². The lowest BCUT2D eigenvalue weighted by atomic mass is 9.90. The Morgan fingerprint density at radius 2 is 1.61 bits per heavy atom. The third-order valence-corrected chi connectivity index (χ3v) is 9.28. The van der Waals surface area contributed by atoms with Crippen LogP contribution in [0.4, 0.5) is 9.59 Å². The molecule has 1 saturated heterocycles. The van der Waals surface area contributed by atoms with Gasteiger partial charge in [-0.2, -0.15) is 0 Å². The van der Waals surface area contributed by atoms with E-state index in [1.807, 2.05) is 56.3 Å². The molecule has 2 heterocycles. The van der Waals surface area contributed by atoms with Gasteiger partial charge >= 0.3 is 12.2 Å². The second-order valence-corrected chi connectivity index (χ2v) is 12.5. The van der Waals surface area contributed by atoms with Crippen molar-refractivity contribution in [1.29, 1.82) is 0 Å². The number of nitrogens with zero attached hydrogens (tertiary/aromatic N) is 1. The Morgan fingerprint density at radius 3 is 2.27 bits per heavy atom. The largest absolute Gasteiger partial charge is 0.412 e. The Morgan fingerprint density at radius 1 is 0.932 bits per heavy atom. The quantitative estimate of drug-likeness (QED) is 0.232. The van der Waals surface area contributed by atoms with Crippen LogP contribution in [0.3, 0.4) is 0 Å². The maximum absolute atomic E-state index is 12.1. The number of thiophene rings is 1. The maximum Gasteiger partial charge on any atom is 0.412 e. The first kappa shape index (κ1) is 31.8. The van der Waals surface area contributed by atoms with Crippen LogP contribution in [0.1, 0.15) is 52.0 Å². The molecule has 234 valence electrons. The molecule has 1 aliphatic heterocycles. The first-order valence-electron chi connectivity index (χ1n) is 15.7. The summed E-state index contributed by atoms with van der Waals surface area (Å²) in [6.45, 7) is 11.0. The van der Waals surface area contributed by atoms with Crippen molar-refractivity contribution in [2.45, 2.75) is 58.5 Å². The predicted molar refractivity (Wildman–Crippen MR) is 177 cm³/mol. The molecule has 8 nitrogen and oxygen atoms in total. The summed E-state index contributed by atoms with van der Waals surface area (Å²) in [5.74, 6) is 0.986. The lowest BCUT2D eigenvalue weighted by Crippen LogP contribution is -2.36. The maximum atomic E-state index is 12.1. The second-order valence-electron chi connectivity index (χ2n) is 11.5. The van der Waals surface area contributed by atoms with E-state index in [0.717, 1.165) is 46.5 Å². The SMILES string of the molecule is CCNC(=O)Oc1ccc(-c2sc3cc(OC(=O)NCC)ccc3c2CC2=CCC(C)(OCCN3CCCCC3)C=C2)cc1. The molecule has 1 atom stereocenters. The molecule has 1 fully saturated rings. The summed E-state index contributed by atoms with van der Waals surface area (Å²) in [6.07, 6.45) is 11.3. The smallest absolute Gasteiger partial charge is 0.410 e. The summed E-state index contributed by atoms with van der Waals surface area (Å²) < 4.78 is 18.3. The van der Waals surface area contributed by atoms with Gasteiger partial charge in [0.1, 0.15) is 11.5 Å². The van der Waals surface area contributed by atoms with Crippen LogP contribution >= 0.6 is 11.3 Å². The molecule has 2 aliphatic rings. The van der Waals surface area contributed by atoms with E-state index in [2.05, 4.69) is 40.7 Å². The van der Waals surface area contributed by atoms with Gasteiger partial charge in [0.15, 0.2) is 0 Å². The molecule has 1 aliphatic carbocycles. The number of allylic oxidation sites excluding steroid dienone is 2. The highest BCUT2D eigenvalue weighted by molar-refractivity contribution is 7.22. The summed E-state index contributed by atoms with van der Waals surface area (Å²) in [5.41, 5.74) is 3.17. The summed E-state index contributed by atoms with van der Waals surface area (Å²) >= 11 is 1.66. The Labute approximate surface area is 264 Å². The molecule has 3 aromatic rings. The Kier molecular flexibility index (Phi) is 10.7. The van der Waals surface area contributed by atoms with E-state index in [1.165, 1.54) is 43.5 Å². The van der Waals surface area contributed by atoms with Crippen molar-refractivity contribution in [2.24, 2.45) is 0 Å². The molecule has 44 heavy (non-hydrogen) atoms. The molecule has 0 spiro atoms. The van der Waals surface area contributed by atoms with Gasteiger partial charge in [0, 0.05) is 29.2 Å². The molecule has 5 rings (SSSR count). The number of ether oxygens (including phenoxy) is 3. The molecule has 2 N–H and O–H groups in total. The van der Waals surface area contributed by atoms with Crippen LogP contribution in [0.2, 0.25) is 0 Å². The Balaban J connectivity index is 1.35. The minimum atomic E-state index is -0.471. The van der Waals surface area contributed by atoms with Crippen LogP contribution in [0.15, 0.2) is 66.3 Å². The number of benzene rings is 2. The first-order chi connectivity index (χ1) is 21.4. The number of rotatable bonds is 11. The summed E-state index contributed by atoms with van der Waals surface area (Å²) in [6, 6.07) is 13.4. The zero-order valence-electron chi connectivity index (χ0n) is 25.9. The van der Waals surface area contributed by atoms with E-state index in [-0.39, 0.29) is 5.60 Å². The average Bonchev–Trinajstić information content (AvgIpc) is 3.37. The number of fused-ring (bicyclic) bond motifs is 1. The van der Waals surface area contributed by atoms with Gasteiger partial charge in [0.25, 0.3) is 0 Å². The fourth-order valence-corrected chi connectivity index (χ4v) is 6.89. The van der Waals surface area contributed by atoms with Crippen LogP contribution < -0.4 is 20.1 Å². The van der Waals surface area contributed by atoms with Crippen LogP contribution in [-0.2, 0) is 11.2 Å². The second kappa shape index (κ2) is 14.9. The number of hydrogen-bond acceptors (Lipinski definition) is 7. The minimum absolute atomic E-state index is 0.302. The van der Waals surface area contributed by atoms with Crippen molar-refractivity contribution >= 4 is 33.6 Å². The Bertz CT molecular complexity index is 1510. The molecule has 2 amide bonds. The fourth-order valence-electron chi connectivity index (χ4n) is 5.64. The van der Waals surface area contributed by atoms with Crippen LogP contribution in [0.25, 0.3) is 20.5 Å². The van der Waals surface area contributed by atoms with E-state index in [0.29, 0.717) is 24.6 Å². The first-order valence-corrected chi connectivity index (χ1v) is 16.5. The van der Waals surface area contributed by atoms with Crippen molar-refractivity contribution in [3.8, 4) is 21.9 Å². The van der Waals surface area contributed by atoms with Crippen LogP contribution in [-0.4, -0.2) is 62.0 Å². The predicted octanol–water partition coefficient (Wildman–Crippen LogP) is 7.47. The number of carbonyl (C=O) groups excluding carboxylic acids is 2. The summed E-state index contributed by atoms with van der Waals surface area (Å²) in [4.78, 5) is 27.6. The normalized spacial score (nSPS) is 18.6. The highest BCUT2D eigenvalue weighted by atomic mass is 32.1. The highest BCUT2D eigenvalue weighted by Gasteiger charge is 2.25. The molecular weight excluding hydrogens is 574 g/mol. The zero-order chi connectivity index (χ0) is 30.9. The summed E-state index contributed by atoms with van der Waals surface area (Å²) in [7, 11) is 0. The molecule has 2 aromatic carbocycles. The van der Waals surface area contributed by atoms with E-state index < -0.39 is 12.2 Å². The van der Waals surface area contributed by atoms with Gasteiger partial charge < -0.3 is 29.7 Å². The third-order valence-electron chi connectivity index (χ3n) is 8.03. The number of nitrogens with one attached hydrogen (secondary N) is 2. The molecule has 1 unspecified atom stereocenters. The van der Waals surface area contributed by atoms with Crippen molar-refractivity contribution < 1.29 is 23.8 Å². The van der Waals surface area contributed by atoms with Crippen molar-refractivity contribution in [3.63, 3.8) is 0 Å². The zero-order valence-corrected chi connectivity index (χ0v) is 26.8. The summed E-state index contributed by atoms with van der Waals surface area (Å²) in [5, 5.41) is 6.44. The van der Waals surface area contributed by atoms with Crippen molar-refractivity contribution in [2.75, 3.05) is 39.3 Å². The van der Waals surface area contributed by atoms with Crippen LogP contribution in [0.5, 0.6) is 11.5 Å². The molecule has 0 bridgehead atoms.